The van der Waals surface area contributed by atoms with Crippen LogP contribution in [-0.2, 0) is 32.7 Å². The van der Waals surface area contributed by atoms with Gasteiger partial charge in [-0.25, -0.2) is 9.59 Å². The van der Waals surface area contributed by atoms with Gasteiger partial charge < -0.3 is 15.4 Å². The van der Waals surface area contributed by atoms with E-state index >= 15 is 0 Å². The summed E-state index contributed by atoms with van der Waals surface area (Å²) in [5, 5.41) is 7.32. The van der Waals surface area contributed by atoms with Crippen molar-refractivity contribution in [2.45, 2.75) is 38.1 Å². The van der Waals surface area contributed by atoms with Gasteiger partial charge in [0.15, 0.2) is 0 Å². The minimum absolute atomic E-state index is 0.340. The Morgan fingerprint density at radius 1 is 1.24 bits per heavy atom. The lowest BCUT2D eigenvalue weighted by molar-refractivity contribution is -0.134. The summed E-state index contributed by atoms with van der Waals surface area (Å²) in [5.74, 6) is -1.26. The van der Waals surface area contributed by atoms with Crippen molar-refractivity contribution < 1.29 is 23.9 Å². The third-order valence-electron chi connectivity index (χ3n) is 5.32. The highest BCUT2D eigenvalue weighted by Gasteiger charge is 2.49. The fourth-order valence-electron chi connectivity index (χ4n) is 3.69. The van der Waals surface area contributed by atoms with Crippen LogP contribution in [0.3, 0.4) is 0 Å². The lowest BCUT2D eigenvalue weighted by Crippen LogP contribution is -2.47. The summed E-state index contributed by atoms with van der Waals surface area (Å²) < 4.78 is 4.87. The van der Waals surface area contributed by atoms with Crippen LogP contribution in [0, 0.1) is 0 Å². The Hall–Kier alpha value is -2.94. The van der Waals surface area contributed by atoms with E-state index in [1.165, 1.54) is 11.1 Å². The van der Waals surface area contributed by atoms with E-state index in [9.17, 15) is 19.2 Å². The SMILES string of the molecule is COCCCNC(=O)NC(=O)CN1C(=O)N[C@@](C)(c2ccc3c(c2)CCC3)C1=O. The molecule has 9 heteroatoms. The molecule has 0 bridgehead atoms. The number of amides is 6. The molecule has 29 heavy (non-hydrogen) atoms. The molecule has 1 fully saturated rings. The van der Waals surface area contributed by atoms with E-state index in [1.54, 1.807) is 14.0 Å². The topological polar surface area (TPSA) is 117 Å². The molecule has 1 saturated heterocycles. The van der Waals surface area contributed by atoms with Crippen LogP contribution in [0.2, 0.25) is 0 Å². The Labute approximate surface area is 169 Å². The molecule has 3 rings (SSSR count). The van der Waals surface area contributed by atoms with Crippen molar-refractivity contribution in [2.75, 3.05) is 26.8 Å². The van der Waals surface area contributed by atoms with E-state index in [0.717, 1.165) is 24.2 Å². The molecule has 0 radical (unpaired) electrons. The van der Waals surface area contributed by atoms with Crippen molar-refractivity contribution in [1.29, 1.82) is 0 Å². The molecule has 1 heterocycles. The fourth-order valence-corrected chi connectivity index (χ4v) is 3.69. The Bertz CT molecular complexity index is 840. The molecular formula is C20H26N4O5. The number of aryl methyl sites for hydroxylation is 2. The largest absolute Gasteiger partial charge is 0.385 e. The minimum Gasteiger partial charge on any atom is -0.385 e. The van der Waals surface area contributed by atoms with Gasteiger partial charge in [-0.2, -0.15) is 0 Å². The fraction of sp³-hybridized carbons (Fsp3) is 0.500. The summed E-state index contributed by atoms with van der Waals surface area (Å²) in [7, 11) is 1.55. The first kappa shape index (κ1) is 20.8. The van der Waals surface area contributed by atoms with E-state index in [4.69, 9.17) is 4.74 Å². The number of methoxy groups -OCH3 is 1. The number of urea groups is 2. The van der Waals surface area contributed by atoms with Gasteiger partial charge in [0.25, 0.3) is 5.91 Å². The lowest BCUT2D eigenvalue weighted by Gasteiger charge is -2.23. The third kappa shape index (κ3) is 4.40. The zero-order valence-corrected chi connectivity index (χ0v) is 16.7. The smallest absolute Gasteiger partial charge is 0.325 e. The maximum atomic E-state index is 13.0. The molecule has 1 aliphatic heterocycles. The van der Waals surface area contributed by atoms with Crippen molar-refractivity contribution in [3.05, 3.63) is 34.9 Å². The number of imide groups is 2. The average Bonchev–Trinajstić information content (AvgIpc) is 3.23. The molecule has 0 aromatic heterocycles. The second-order valence-corrected chi connectivity index (χ2v) is 7.43. The molecule has 1 aromatic rings. The maximum Gasteiger partial charge on any atom is 0.325 e. The number of nitrogens with zero attached hydrogens (tertiary/aromatic N) is 1. The second kappa shape index (κ2) is 8.60. The van der Waals surface area contributed by atoms with Gasteiger partial charge in [-0.1, -0.05) is 18.2 Å². The lowest BCUT2D eigenvalue weighted by atomic mass is 9.89. The predicted molar refractivity (Wildman–Crippen MR) is 104 cm³/mol. The number of ether oxygens (including phenoxy) is 1. The van der Waals surface area contributed by atoms with E-state index < -0.39 is 36.0 Å². The number of nitrogens with one attached hydrogen (secondary N) is 3. The van der Waals surface area contributed by atoms with Crippen LogP contribution in [0.25, 0.3) is 0 Å². The molecule has 9 nitrogen and oxygen atoms in total. The van der Waals surface area contributed by atoms with Crippen LogP contribution < -0.4 is 16.0 Å². The summed E-state index contributed by atoms with van der Waals surface area (Å²) in [4.78, 5) is 50.0. The highest BCUT2D eigenvalue weighted by molar-refractivity contribution is 6.10. The van der Waals surface area contributed by atoms with Crippen LogP contribution in [0.4, 0.5) is 9.59 Å². The van der Waals surface area contributed by atoms with E-state index in [-0.39, 0.29) is 0 Å². The van der Waals surface area contributed by atoms with Crippen molar-refractivity contribution >= 4 is 23.9 Å². The second-order valence-electron chi connectivity index (χ2n) is 7.43. The molecule has 1 atom stereocenters. The van der Waals surface area contributed by atoms with Crippen LogP contribution in [0.15, 0.2) is 18.2 Å². The normalized spacial score (nSPS) is 20.4. The van der Waals surface area contributed by atoms with Crippen LogP contribution in [0.1, 0.15) is 36.5 Å². The quantitative estimate of drug-likeness (QED) is 0.461. The van der Waals surface area contributed by atoms with Crippen molar-refractivity contribution in [2.24, 2.45) is 0 Å². The first-order valence-electron chi connectivity index (χ1n) is 9.68. The van der Waals surface area contributed by atoms with Gasteiger partial charge in [0.1, 0.15) is 12.1 Å². The molecule has 2 aliphatic rings. The van der Waals surface area contributed by atoms with E-state index in [0.29, 0.717) is 25.1 Å². The first-order valence-corrected chi connectivity index (χ1v) is 9.68. The zero-order valence-electron chi connectivity index (χ0n) is 16.7. The van der Waals surface area contributed by atoms with Gasteiger partial charge in [0, 0.05) is 20.3 Å². The minimum atomic E-state index is -1.24. The highest BCUT2D eigenvalue weighted by Crippen LogP contribution is 2.32. The number of hydrogen-bond acceptors (Lipinski definition) is 5. The average molecular weight is 402 g/mol. The first-order chi connectivity index (χ1) is 13.8. The van der Waals surface area contributed by atoms with Crippen molar-refractivity contribution in [3.8, 4) is 0 Å². The third-order valence-corrected chi connectivity index (χ3v) is 5.32. The Balaban J connectivity index is 1.61. The number of hydrogen-bond donors (Lipinski definition) is 3. The Morgan fingerprint density at radius 3 is 2.76 bits per heavy atom. The number of benzene rings is 1. The van der Waals surface area contributed by atoms with Gasteiger partial charge in [0.05, 0.1) is 0 Å². The van der Waals surface area contributed by atoms with Gasteiger partial charge in [-0.05, 0) is 49.3 Å². The Morgan fingerprint density at radius 2 is 2.00 bits per heavy atom. The summed E-state index contributed by atoms with van der Waals surface area (Å²) >= 11 is 0. The van der Waals surface area contributed by atoms with Gasteiger partial charge in [-0.3, -0.25) is 19.8 Å². The molecular weight excluding hydrogens is 376 g/mol. The molecule has 0 unspecified atom stereocenters. The monoisotopic (exact) mass is 402 g/mol. The molecule has 6 amide bonds. The number of rotatable bonds is 7. The Kier molecular flexibility index (Phi) is 6.17. The zero-order chi connectivity index (χ0) is 21.0. The van der Waals surface area contributed by atoms with Gasteiger partial charge in [0.2, 0.25) is 5.91 Å². The van der Waals surface area contributed by atoms with Crippen LogP contribution in [-0.4, -0.2) is 55.6 Å². The summed E-state index contributed by atoms with van der Waals surface area (Å²) in [6, 6.07) is 4.45. The molecule has 1 aliphatic carbocycles. The number of fused-ring (bicyclic) bond motifs is 1. The van der Waals surface area contributed by atoms with Crippen molar-refractivity contribution in [1.82, 2.24) is 20.9 Å². The summed E-state index contributed by atoms with van der Waals surface area (Å²) in [5.41, 5.74) is 1.90. The summed E-state index contributed by atoms with van der Waals surface area (Å²) in [6.45, 7) is 1.92. The molecule has 3 N–H and O–H groups in total. The van der Waals surface area contributed by atoms with E-state index in [1.807, 2.05) is 18.2 Å². The van der Waals surface area contributed by atoms with Crippen LogP contribution in [0.5, 0.6) is 0 Å². The number of carbonyl (C=O) groups excluding carboxylic acids is 4. The molecule has 0 spiro atoms. The molecule has 156 valence electrons. The number of carbonyl (C=O) groups is 4. The summed E-state index contributed by atoms with van der Waals surface area (Å²) in [6.07, 6.45) is 3.65. The van der Waals surface area contributed by atoms with Gasteiger partial charge >= 0.3 is 12.1 Å². The predicted octanol–water partition coefficient (Wildman–Crippen LogP) is 0.805. The maximum absolute atomic E-state index is 13.0. The standard InChI is InChI=1S/C20H26N4O5/c1-20(15-8-7-13-5-3-6-14(13)11-15)17(26)24(19(28)23-20)12-16(25)22-18(27)21-9-4-10-29-2/h7-8,11H,3-6,9-10,12H2,1-2H3,(H,23,28)(H2,21,22,25,27)/t20-/m0/s1. The van der Waals surface area contributed by atoms with E-state index in [2.05, 4.69) is 16.0 Å². The molecule has 1 aromatic carbocycles. The van der Waals surface area contributed by atoms with Crippen LogP contribution >= 0.6 is 0 Å². The molecule has 0 saturated carbocycles. The van der Waals surface area contributed by atoms with Gasteiger partial charge in [-0.15, -0.1) is 0 Å². The van der Waals surface area contributed by atoms with Crippen molar-refractivity contribution in [3.63, 3.8) is 0 Å². The highest BCUT2D eigenvalue weighted by atomic mass is 16.5.